The average molecular weight is 302 g/mol. The summed E-state index contributed by atoms with van der Waals surface area (Å²) in [5, 5.41) is 4.44. The first-order valence-electron chi connectivity index (χ1n) is 7.09. The molecule has 1 aromatic carbocycles. The van der Waals surface area contributed by atoms with Crippen LogP contribution in [0.3, 0.4) is 0 Å². The zero-order valence-corrected chi connectivity index (χ0v) is 13.7. The second kappa shape index (κ2) is 8.17. The number of methoxy groups -OCH3 is 1. The number of pyridine rings is 1. The van der Waals surface area contributed by atoms with E-state index in [4.69, 9.17) is 4.74 Å². The Balaban J connectivity index is 2.10. The molecule has 2 aromatic rings. The minimum Gasteiger partial charge on any atom is -0.383 e. The van der Waals surface area contributed by atoms with Crippen molar-refractivity contribution in [2.75, 3.05) is 20.3 Å². The van der Waals surface area contributed by atoms with Gasteiger partial charge in [0.15, 0.2) is 0 Å². The number of nitrogens with one attached hydrogen (secondary N) is 1. The van der Waals surface area contributed by atoms with Gasteiger partial charge in [0.25, 0.3) is 0 Å². The molecule has 0 spiro atoms. The summed E-state index contributed by atoms with van der Waals surface area (Å²) < 4.78 is 5.05. The summed E-state index contributed by atoms with van der Waals surface area (Å²) >= 11 is 1.74. The molecule has 1 heterocycles. The maximum Gasteiger partial charge on any atom is 0.105 e. The molecule has 0 aliphatic rings. The van der Waals surface area contributed by atoms with Crippen LogP contribution >= 0.6 is 11.8 Å². The number of nitrogens with zero attached hydrogens (tertiary/aromatic N) is 1. The van der Waals surface area contributed by atoms with E-state index in [-0.39, 0.29) is 0 Å². The van der Waals surface area contributed by atoms with E-state index in [2.05, 4.69) is 48.4 Å². The Bertz CT molecular complexity index is 587. The number of hydrogen-bond donors (Lipinski definition) is 1. The molecule has 0 amide bonds. The first-order chi connectivity index (χ1) is 10.2. The minimum absolute atomic E-state index is 0.722. The highest BCUT2D eigenvalue weighted by Gasteiger charge is 2.07. The Morgan fingerprint density at radius 3 is 2.90 bits per heavy atom. The monoisotopic (exact) mass is 302 g/mol. The van der Waals surface area contributed by atoms with E-state index in [1.54, 1.807) is 18.9 Å². The number of rotatable bonds is 7. The summed E-state index contributed by atoms with van der Waals surface area (Å²) in [7, 11) is 1.72. The summed E-state index contributed by atoms with van der Waals surface area (Å²) in [5.41, 5.74) is 3.79. The number of hydrogen-bond acceptors (Lipinski definition) is 4. The molecule has 4 heteroatoms. The molecule has 0 fully saturated rings. The summed E-state index contributed by atoms with van der Waals surface area (Å²) in [5.74, 6) is 0. The van der Waals surface area contributed by atoms with E-state index in [1.807, 2.05) is 12.3 Å². The zero-order valence-electron chi connectivity index (χ0n) is 12.8. The van der Waals surface area contributed by atoms with Gasteiger partial charge in [0, 0.05) is 31.3 Å². The lowest BCUT2D eigenvalue weighted by atomic mass is 10.2. The highest BCUT2D eigenvalue weighted by molar-refractivity contribution is 7.99. The normalized spacial score (nSPS) is 10.8. The number of aromatic nitrogens is 1. The molecular weight excluding hydrogens is 280 g/mol. The van der Waals surface area contributed by atoms with Crippen molar-refractivity contribution < 1.29 is 4.74 Å². The molecule has 3 nitrogen and oxygen atoms in total. The van der Waals surface area contributed by atoms with Crippen LogP contribution in [0, 0.1) is 13.8 Å². The summed E-state index contributed by atoms with van der Waals surface area (Å²) in [6.45, 7) is 6.64. The van der Waals surface area contributed by atoms with Crippen LogP contribution < -0.4 is 5.32 Å². The van der Waals surface area contributed by atoms with Gasteiger partial charge in [0.05, 0.1) is 6.61 Å². The molecule has 0 atom stereocenters. The van der Waals surface area contributed by atoms with Crippen molar-refractivity contribution in [2.45, 2.75) is 30.3 Å². The highest BCUT2D eigenvalue weighted by Crippen LogP contribution is 2.31. The van der Waals surface area contributed by atoms with Gasteiger partial charge in [0.2, 0.25) is 0 Å². The third-order valence-corrected chi connectivity index (χ3v) is 4.42. The number of aryl methyl sites for hydroxylation is 2. The molecule has 0 bridgehead atoms. The maximum atomic E-state index is 5.05. The predicted octanol–water partition coefficient (Wildman–Crippen LogP) is 3.59. The first-order valence-corrected chi connectivity index (χ1v) is 7.91. The quantitative estimate of drug-likeness (QED) is 0.793. The fourth-order valence-corrected chi connectivity index (χ4v) is 3.04. The lowest BCUT2D eigenvalue weighted by molar-refractivity contribution is 0.199. The summed E-state index contributed by atoms with van der Waals surface area (Å²) in [6.07, 6.45) is 1.85. The molecule has 0 saturated carbocycles. The van der Waals surface area contributed by atoms with Gasteiger partial charge >= 0.3 is 0 Å². The van der Waals surface area contributed by atoms with Gasteiger partial charge in [-0.05, 0) is 42.7 Å². The Morgan fingerprint density at radius 2 is 2.10 bits per heavy atom. The van der Waals surface area contributed by atoms with Crippen molar-refractivity contribution in [3.8, 4) is 0 Å². The fraction of sp³-hybridized carbons (Fsp3) is 0.353. The van der Waals surface area contributed by atoms with E-state index >= 15 is 0 Å². The largest absolute Gasteiger partial charge is 0.383 e. The van der Waals surface area contributed by atoms with Gasteiger partial charge in [0.1, 0.15) is 5.03 Å². The average Bonchev–Trinajstić information content (AvgIpc) is 2.49. The number of ether oxygens (including phenoxy) is 1. The molecule has 0 aliphatic carbocycles. The molecule has 0 unspecified atom stereocenters. The minimum atomic E-state index is 0.722. The van der Waals surface area contributed by atoms with Crippen LogP contribution in [0.25, 0.3) is 0 Å². The van der Waals surface area contributed by atoms with E-state index < -0.39 is 0 Å². The van der Waals surface area contributed by atoms with Gasteiger partial charge < -0.3 is 10.1 Å². The smallest absolute Gasteiger partial charge is 0.105 e. The Morgan fingerprint density at radius 1 is 1.24 bits per heavy atom. The van der Waals surface area contributed by atoms with Gasteiger partial charge in [-0.25, -0.2) is 4.98 Å². The van der Waals surface area contributed by atoms with Crippen LogP contribution in [0.5, 0.6) is 0 Å². The van der Waals surface area contributed by atoms with Gasteiger partial charge in [-0.15, -0.1) is 0 Å². The van der Waals surface area contributed by atoms with Gasteiger partial charge in [-0.1, -0.05) is 30.0 Å². The molecule has 0 saturated heterocycles. The van der Waals surface area contributed by atoms with Crippen molar-refractivity contribution in [3.63, 3.8) is 0 Å². The summed E-state index contributed by atoms with van der Waals surface area (Å²) in [6, 6.07) is 10.6. The summed E-state index contributed by atoms with van der Waals surface area (Å²) in [4.78, 5) is 5.81. The zero-order chi connectivity index (χ0) is 15.1. The predicted molar refractivity (Wildman–Crippen MR) is 87.9 cm³/mol. The van der Waals surface area contributed by atoms with Crippen LogP contribution in [0.4, 0.5) is 0 Å². The molecule has 0 radical (unpaired) electrons. The molecule has 1 aromatic heterocycles. The molecule has 21 heavy (non-hydrogen) atoms. The van der Waals surface area contributed by atoms with Crippen LogP contribution in [0.1, 0.15) is 16.7 Å². The van der Waals surface area contributed by atoms with Gasteiger partial charge in [-0.3, -0.25) is 0 Å². The SMILES string of the molecule is COCCNCc1cccnc1Sc1cc(C)ccc1C. The molecule has 0 aliphatic heterocycles. The molecule has 1 N–H and O–H groups in total. The van der Waals surface area contributed by atoms with Crippen molar-refractivity contribution in [1.29, 1.82) is 0 Å². The fourth-order valence-electron chi connectivity index (χ4n) is 1.97. The van der Waals surface area contributed by atoms with Crippen LogP contribution in [0.15, 0.2) is 46.5 Å². The Kier molecular flexibility index (Phi) is 6.23. The van der Waals surface area contributed by atoms with E-state index in [1.165, 1.54) is 21.6 Å². The lowest BCUT2D eigenvalue weighted by Gasteiger charge is -2.11. The second-order valence-corrected chi connectivity index (χ2v) is 6.04. The lowest BCUT2D eigenvalue weighted by Crippen LogP contribution is -2.19. The van der Waals surface area contributed by atoms with Crippen molar-refractivity contribution in [1.82, 2.24) is 10.3 Å². The maximum absolute atomic E-state index is 5.05. The number of benzene rings is 1. The molecule has 112 valence electrons. The van der Waals surface area contributed by atoms with Crippen molar-refractivity contribution in [3.05, 3.63) is 53.2 Å². The topological polar surface area (TPSA) is 34.1 Å². The van der Waals surface area contributed by atoms with E-state index in [0.717, 1.165) is 24.7 Å². The van der Waals surface area contributed by atoms with Crippen LogP contribution in [-0.4, -0.2) is 25.2 Å². The van der Waals surface area contributed by atoms with E-state index in [0.29, 0.717) is 0 Å². The second-order valence-electron chi connectivity index (χ2n) is 5.01. The van der Waals surface area contributed by atoms with Crippen molar-refractivity contribution >= 4 is 11.8 Å². The highest BCUT2D eigenvalue weighted by atomic mass is 32.2. The Hall–Kier alpha value is -1.36. The molecular formula is C17H22N2OS. The third-order valence-electron chi connectivity index (χ3n) is 3.20. The van der Waals surface area contributed by atoms with Crippen LogP contribution in [0.2, 0.25) is 0 Å². The van der Waals surface area contributed by atoms with Gasteiger partial charge in [-0.2, -0.15) is 0 Å². The third kappa shape index (κ3) is 4.84. The first kappa shape index (κ1) is 16.0. The van der Waals surface area contributed by atoms with Crippen molar-refractivity contribution in [2.24, 2.45) is 0 Å². The Labute approximate surface area is 131 Å². The standard InChI is InChI=1S/C17H22N2OS/c1-13-6-7-14(2)16(11-13)21-17-15(5-4-8-19-17)12-18-9-10-20-3/h4-8,11,18H,9-10,12H2,1-3H3. The van der Waals surface area contributed by atoms with E-state index in [9.17, 15) is 0 Å². The van der Waals surface area contributed by atoms with Crippen LogP contribution in [-0.2, 0) is 11.3 Å². The molecule has 2 rings (SSSR count).